The highest BCUT2D eigenvalue weighted by molar-refractivity contribution is 6.20. The van der Waals surface area contributed by atoms with Crippen LogP contribution in [0.1, 0.15) is 171 Å². The number of rotatable bonds is 24. The van der Waals surface area contributed by atoms with Crippen LogP contribution in [-0.4, -0.2) is 23.7 Å². The number of hydrogen-bond acceptors (Lipinski definition) is 4. The van der Waals surface area contributed by atoms with Gasteiger partial charge in [-0.3, -0.25) is 9.59 Å². The van der Waals surface area contributed by atoms with Gasteiger partial charge in [0.1, 0.15) is 0 Å². The van der Waals surface area contributed by atoms with E-state index >= 15 is 0 Å². The van der Waals surface area contributed by atoms with Gasteiger partial charge in [0.25, 0.3) is 0 Å². The summed E-state index contributed by atoms with van der Waals surface area (Å²) in [5.74, 6) is 1.23. The lowest BCUT2D eigenvalue weighted by Gasteiger charge is -2.32. The van der Waals surface area contributed by atoms with E-state index in [0.717, 1.165) is 38.5 Å². The van der Waals surface area contributed by atoms with Crippen LogP contribution in [0, 0.1) is 22.7 Å². The highest BCUT2D eigenvalue weighted by Gasteiger charge is 2.36. The molecule has 0 aromatic heterocycles. The Morgan fingerprint density at radius 2 is 0.762 bits per heavy atom. The standard InChI is InChI=1S/C38H70N2O2/c1-29(2)33(39)23-19-15-11-9-13-17-21-25-37(5,6)31-27-36(42)32(28-35(31)41)38(7,8)26-22-18-14-10-12-16-20-24-34(40)30(3)4/h27-30,33-34H,9-26,39-40H2,1-8H3. The topological polar surface area (TPSA) is 86.2 Å². The van der Waals surface area contributed by atoms with Crippen LogP contribution in [0.25, 0.3) is 0 Å². The van der Waals surface area contributed by atoms with Crippen molar-refractivity contribution in [3.8, 4) is 0 Å². The first kappa shape index (κ1) is 38.8. The fraction of sp³-hybridized carbons (Fsp3) is 0.842. The van der Waals surface area contributed by atoms with Gasteiger partial charge in [0.05, 0.1) is 0 Å². The highest BCUT2D eigenvalue weighted by atomic mass is 16.1. The molecule has 0 saturated heterocycles. The minimum atomic E-state index is -0.272. The van der Waals surface area contributed by atoms with Crippen LogP contribution in [0.4, 0.5) is 0 Å². The molecule has 2 unspecified atom stereocenters. The number of hydrogen-bond donors (Lipinski definition) is 2. The zero-order valence-corrected chi connectivity index (χ0v) is 29.2. The van der Waals surface area contributed by atoms with E-state index in [0.29, 0.717) is 35.1 Å². The molecule has 0 fully saturated rings. The van der Waals surface area contributed by atoms with Crippen LogP contribution in [0.3, 0.4) is 0 Å². The molecule has 0 aromatic rings. The number of allylic oxidation sites excluding steroid dienone is 4. The Balaban J connectivity index is 2.35. The van der Waals surface area contributed by atoms with Crippen molar-refractivity contribution in [2.24, 2.45) is 34.1 Å². The van der Waals surface area contributed by atoms with Gasteiger partial charge in [-0.25, -0.2) is 0 Å². The van der Waals surface area contributed by atoms with Crippen molar-refractivity contribution < 1.29 is 9.59 Å². The van der Waals surface area contributed by atoms with Crippen molar-refractivity contribution in [2.45, 2.75) is 183 Å². The molecule has 0 aromatic carbocycles. The normalized spacial score (nSPS) is 16.3. The lowest BCUT2D eigenvalue weighted by molar-refractivity contribution is -0.116. The fourth-order valence-electron chi connectivity index (χ4n) is 6.22. The van der Waals surface area contributed by atoms with Crippen molar-refractivity contribution in [3.05, 3.63) is 23.3 Å². The molecule has 1 aliphatic carbocycles. The maximum Gasteiger partial charge on any atom is 0.182 e. The Hall–Kier alpha value is -1.26. The van der Waals surface area contributed by atoms with Crippen molar-refractivity contribution in [1.29, 1.82) is 0 Å². The van der Waals surface area contributed by atoms with Crippen LogP contribution in [0.2, 0.25) is 0 Å². The van der Waals surface area contributed by atoms with Gasteiger partial charge in [-0.05, 0) is 60.5 Å². The molecule has 0 radical (unpaired) electrons. The second-order valence-corrected chi connectivity index (χ2v) is 15.5. The van der Waals surface area contributed by atoms with E-state index in [1.807, 2.05) is 0 Å². The van der Waals surface area contributed by atoms with Gasteiger partial charge in [0.15, 0.2) is 11.6 Å². The third kappa shape index (κ3) is 15.0. The first-order valence-corrected chi connectivity index (χ1v) is 17.7. The molecule has 244 valence electrons. The molecular formula is C38H70N2O2. The molecule has 0 spiro atoms. The van der Waals surface area contributed by atoms with Gasteiger partial charge in [-0.1, -0.05) is 145 Å². The first-order valence-electron chi connectivity index (χ1n) is 17.7. The number of carbonyl (C=O) groups is 2. The second kappa shape index (κ2) is 19.9. The van der Waals surface area contributed by atoms with E-state index in [4.69, 9.17) is 11.5 Å². The third-order valence-corrected chi connectivity index (χ3v) is 9.93. The Labute approximate surface area is 261 Å². The van der Waals surface area contributed by atoms with Gasteiger partial charge in [-0.15, -0.1) is 0 Å². The maximum absolute atomic E-state index is 13.2. The average molecular weight is 587 g/mol. The van der Waals surface area contributed by atoms with E-state index < -0.39 is 0 Å². The minimum Gasteiger partial charge on any atom is -0.327 e. The molecule has 0 amide bonds. The zero-order valence-electron chi connectivity index (χ0n) is 29.2. The Kier molecular flexibility index (Phi) is 18.4. The SMILES string of the molecule is CC(C)C(N)CCCCCCCCCC(C)(C)C1=CC(=O)C(C(C)(C)CCCCCCCCCC(N)C(C)C)=CC1=O. The summed E-state index contributed by atoms with van der Waals surface area (Å²) in [5.41, 5.74) is 13.1. The van der Waals surface area contributed by atoms with E-state index in [-0.39, 0.29) is 22.4 Å². The van der Waals surface area contributed by atoms with Crippen molar-refractivity contribution >= 4 is 11.6 Å². The summed E-state index contributed by atoms with van der Waals surface area (Å²) in [7, 11) is 0. The minimum absolute atomic E-state index is 0.0412. The highest BCUT2D eigenvalue weighted by Crippen LogP contribution is 2.40. The quantitative estimate of drug-likeness (QED) is 0.0870. The molecule has 4 N–H and O–H groups in total. The molecule has 0 heterocycles. The third-order valence-electron chi connectivity index (χ3n) is 9.93. The van der Waals surface area contributed by atoms with E-state index in [9.17, 15) is 9.59 Å². The molecule has 0 saturated carbocycles. The smallest absolute Gasteiger partial charge is 0.182 e. The molecule has 4 nitrogen and oxygen atoms in total. The molecule has 2 atom stereocenters. The predicted molar refractivity (Wildman–Crippen MR) is 182 cm³/mol. The summed E-state index contributed by atoms with van der Waals surface area (Å²) in [6, 6.07) is 0.672. The van der Waals surface area contributed by atoms with Gasteiger partial charge in [-0.2, -0.15) is 0 Å². The molecule has 1 rings (SSSR count). The monoisotopic (exact) mass is 587 g/mol. The summed E-state index contributed by atoms with van der Waals surface area (Å²) < 4.78 is 0. The zero-order chi connectivity index (χ0) is 31.8. The number of unbranched alkanes of at least 4 members (excludes halogenated alkanes) is 12. The molecule has 1 aliphatic rings. The molecular weight excluding hydrogens is 516 g/mol. The van der Waals surface area contributed by atoms with Crippen molar-refractivity contribution in [1.82, 2.24) is 0 Å². The molecule has 42 heavy (non-hydrogen) atoms. The van der Waals surface area contributed by atoms with Gasteiger partial charge in [0.2, 0.25) is 0 Å². The van der Waals surface area contributed by atoms with Crippen LogP contribution >= 0.6 is 0 Å². The van der Waals surface area contributed by atoms with Gasteiger partial charge in [0, 0.05) is 23.2 Å². The van der Waals surface area contributed by atoms with Gasteiger partial charge < -0.3 is 11.5 Å². The maximum atomic E-state index is 13.2. The number of ketones is 2. The van der Waals surface area contributed by atoms with Crippen molar-refractivity contribution in [2.75, 3.05) is 0 Å². The van der Waals surface area contributed by atoms with Crippen LogP contribution < -0.4 is 11.5 Å². The number of carbonyl (C=O) groups excluding carboxylic acids is 2. The average Bonchev–Trinajstić information content (AvgIpc) is 2.91. The van der Waals surface area contributed by atoms with Gasteiger partial charge >= 0.3 is 0 Å². The molecule has 0 aliphatic heterocycles. The lowest BCUT2D eigenvalue weighted by Crippen LogP contribution is -2.30. The summed E-state index contributed by atoms with van der Waals surface area (Å²) >= 11 is 0. The second-order valence-electron chi connectivity index (χ2n) is 15.5. The lowest BCUT2D eigenvalue weighted by atomic mass is 9.70. The van der Waals surface area contributed by atoms with E-state index in [1.54, 1.807) is 12.2 Å². The Morgan fingerprint density at radius 3 is 1.05 bits per heavy atom. The Morgan fingerprint density at radius 1 is 0.500 bits per heavy atom. The summed E-state index contributed by atoms with van der Waals surface area (Å²) in [5, 5.41) is 0. The molecule has 4 heteroatoms. The van der Waals surface area contributed by atoms with Crippen molar-refractivity contribution in [3.63, 3.8) is 0 Å². The molecule has 0 bridgehead atoms. The Bertz CT molecular complexity index is 779. The fourth-order valence-corrected chi connectivity index (χ4v) is 6.22. The van der Waals surface area contributed by atoms with E-state index in [2.05, 4.69) is 55.4 Å². The first-order chi connectivity index (χ1) is 19.7. The summed E-state index contributed by atoms with van der Waals surface area (Å²) in [6.07, 6.45) is 24.7. The summed E-state index contributed by atoms with van der Waals surface area (Å²) in [4.78, 5) is 26.5. The van der Waals surface area contributed by atoms with E-state index in [1.165, 1.54) is 77.0 Å². The summed E-state index contributed by atoms with van der Waals surface area (Å²) in [6.45, 7) is 17.3. The predicted octanol–water partition coefficient (Wildman–Crippen LogP) is 10.0. The number of nitrogens with two attached hydrogens (primary N) is 2. The van der Waals surface area contributed by atoms with Crippen LogP contribution in [-0.2, 0) is 9.59 Å². The van der Waals surface area contributed by atoms with Crippen LogP contribution in [0.15, 0.2) is 23.3 Å². The largest absolute Gasteiger partial charge is 0.327 e. The van der Waals surface area contributed by atoms with Crippen LogP contribution in [0.5, 0.6) is 0 Å².